The molecule has 0 saturated carbocycles. The van der Waals surface area contributed by atoms with E-state index < -0.39 is 0 Å². The van der Waals surface area contributed by atoms with Gasteiger partial charge in [-0.1, -0.05) is 36.4 Å². The zero-order chi connectivity index (χ0) is 16.9. The van der Waals surface area contributed by atoms with Crippen LogP contribution in [0.4, 0.5) is 0 Å². The number of esters is 1. The van der Waals surface area contributed by atoms with Gasteiger partial charge in [0.05, 0.1) is 13.2 Å². The van der Waals surface area contributed by atoms with Crippen molar-refractivity contribution >= 4 is 18.0 Å². The lowest BCUT2D eigenvalue weighted by Crippen LogP contribution is -2.25. The van der Waals surface area contributed by atoms with Crippen LogP contribution in [0.25, 0.3) is 6.08 Å². The van der Waals surface area contributed by atoms with Crippen molar-refractivity contribution in [1.82, 2.24) is 5.32 Å². The lowest BCUT2D eigenvalue weighted by molar-refractivity contribution is -0.137. The topological polar surface area (TPSA) is 75.6 Å². The zero-order valence-corrected chi connectivity index (χ0v) is 13.3. The van der Waals surface area contributed by atoms with Gasteiger partial charge < -0.3 is 15.2 Å². The van der Waals surface area contributed by atoms with Gasteiger partial charge in [0.2, 0.25) is 5.91 Å². The number of carbonyl (C=O) groups excluding carboxylic acids is 2. The molecule has 1 aromatic rings. The Morgan fingerprint density at radius 2 is 1.96 bits per heavy atom. The summed E-state index contributed by atoms with van der Waals surface area (Å²) in [5, 5.41) is 11.4. The Morgan fingerprint density at radius 3 is 2.65 bits per heavy atom. The van der Waals surface area contributed by atoms with Gasteiger partial charge in [0.15, 0.2) is 0 Å². The SMILES string of the molecule is C/C(=C\CO)C(=O)NCCCCOC(=O)C=Cc1ccccc1. The predicted molar refractivity (Wildman–Crippen MR) is 89.5 cm³/mol. The number of benzene rings is 1. The van der Waals surface area contributed by atoms with Crippen LogP contribution in [0.5, 0.6) is 0 Å². The second-order valence-electron chi connectivity index (χ2n) is 4.94. The average molecular weight is 317 g/mol. The highest BCUT2D eigenvalue weighted by Gasteiger charge is 2.02. The van der Waals surface area contributed by atoms with Crippen molar-refractivity contribution in [1.29, 1.82) is 0 Å². The molecule has 0 fully saturated rings. The van der Waals surface area contributed by atoms with E-state index in [2.05, 4.69) is 5.32 Å². The Morgan fingerprint density at radius 1 is 1.22 bits per heavy atom. The summed E-state index contributed by atoms with van der Waals surface area (Å²) in [4.78, 5) is 23.0. The number of rotatable bonds is 9. The van der Waals surface area contributed by atoms with Crippen LogP contribution < -0.4 is 5.32 Å². The number of aliphatic hydroxyl groups excluding tert-OH is 1. The molecule has 5 nitrogen and oxygen atoms in total. The van der Waals surface area contributed by atoms with Crippen molar-refractivity contribution in [3.63, 3.8) is 0 Å². The number of ether oxygens (including phenoxy) is 1. The van der Waals surface area contributed by atoms with Crippen molar-refractivity contribution < 1.29 is 19.4 Å². The van der Waals surface area contributed by atoms with E-state index in [1.807, 2.05) is 30.3 Å². The summed E-state index contributed by atoms with van der Waals surface area (Å²) >= 11 is 0. The Kier molecular flexibility index (Phi) is 9.09. The molecule has 0 aliphatic heterocycles. The summed E-state index contributed by atoms with van der Waals surface area (Å²) in [6, 6.07) is 9.52. The quantitative estimate of drug-likeness (QED) is 0.415. The summed E-state index contributed by atoms with van der Waals surface area (Å²) in [5.74, 6) is -0.568. The van der Waals surface area contributed by atoms with E-state index >= 15 is 0 Å². The number of hydrogen-bond donors (Lipinski definition) is 2. The molecular formula is C18H23NO4. The monoisotopic (exact) mass is 317 g/mol. The number of nitrogens with one attached hydrogen (secondary N) is 1. The molecular weight excluding hydrogens is 294 g/mol. The van der Waals surface area contributed by atoms with Crippen molar-refractivity contribution in [2.75, 3.05) is 19.8 Å². The summed E-state index contributed by atoms with van der Waals surface area (Å²) in [6.07, 6.45) is 5.96. The van der Waals surface area contributed by atoms with Gasteiger partial charge in [-0.3, -0.25) is 4.79 Å². The van der Waals surface area contributed by atoms with E-state index in [0.717, 1.165) is 5.56 Å². The first kappa shape index (κ1) is 18.6. The molecule has 0 saturated heterocycles. The number of unbranched alkanes of at least 4 members (excludes halogenated alkanes) is 1. The minimum absolute atomic E-state index is 0.147. The van der Waals surface area contributed by atoms with Gasteiger partial charge in [0.25, 0.3) is 0 Å². The molecule has 0 unspecified atom stereocenters. The fourth-order valence-corrected chi connectivity index (χ4v) is 1.75. The molecule has 1 aromatic carbocycles. The second kappa shape index (κ2) is 11.2. The maximum absolute atomic E-state index is 11.5. The second-order valence-corrected chi connectivity index (χ2v) is 4.94. The third kappa shape index (κ3) is 8.58. The van der Waals surface area contributed by atoms with Crippen LogP contribution in [0, 0.1) is 0 Å². The minimum Gasteiger partial charge on any atom is -0.463 e. The standard InChI is InChI=1S/C18H23NO4/c1-15(11-13-20)18(22)19-12-5-6-14-23-17(21)10-9-16-7-3-2-4-8-16/h2-4,7-11,20H,5-6,12-14H2,1H3,(H,19,22)/b10-9?,15-11+. The fourth-order valence-electron chi connectivity index (χ4n) is 1.75. The molecule has 2 N–H and O–H groups in total. The average Bonchev–Trinajstić information content (AvgIpc) is 2.57. The number of amides is 1. The highest BCUT2D eigenvalue weighted by Crippen LogP contribution is 2.01. The van der Waals surface area contributed by atoms with Crippen molar-refractivity contribution in [3.05, 3.63) is 53.6 Å². The molecule has 0 heterocycles. The van der Waals surface area contributed by atoms with Gasteiger partial charge in [-0.15, -0.1) is 0 Å². The van der Waals surface area contributed by atoms with Crippen LogP contribution in [0.3, 0.4) is 0 Å². The van der Waals surface area contributed by atoms with Crippen LogP contribution >= 0.6 is 0 Å². The van der Waals surface area contributed by atoms with E-state index in [0.29, 0.717) is 31.6 Å². The van der Waals surface area contributed by atoms with Gasteiger partial charge >= 0.3 is 5.97 Å². The van der Waals surface area contributed by atoms with Crippen molar-refractivity contribution in [2.24, 2.45) is 0 Å². The smallest absolute Gasteiger partial charge is 0.330 e. The number of hydrogen-bond acceptors (Lipinski definition) is 4. The normalized spacial score (nSPS) is 11.5. The predicted octanol–water partition coefficient (Wildman–Crippen LogP) is 2.08. The number of aliphatic hydroxyl groups is 1. The summed E-state index contributed by atoms with van der Waals surface area (Å²) in [5.41, 5.74) is 1.43. The number of carbonyl (C=O) groups is 2. The highest BCUT2D eigenvalue weighted by atomic mass is 16.5. The summed E-state index contributed by atoms with van der Waals surface area (Å²) in [6.45, 7) is 2.32. The van der Waals surface area contributed by atoms with Crippen molar-refractivity contribution in [2.45, 2.75) is 19.8 Å². The lowest BCUT2D eigenvalue weighted by Gasteiger charge is -2.05. The molecule has 0 aromatic heterocycles. The molecule has 1 rings (SSSR count). The third-order valence-electron chi connectivity index (χ3n) is 3.07. The molecule has 1 amide bonds. The van der Waals surface area contributed by atoms with Crippen LogP contribution in [-0.2, 0) is 14.3 Å². The van der Waals surface area contributed by atoms with Gasteiger partial charge in [0, 0.05) is 18.2 Å². The van der Waals surface area contributed by atoms with Crippen molar-refractivity contribution in [3.8, 4) is 0 Å². The molecule has 0 atom stereocenters. The Bertz CT molecular complexity index is 549. The van der Waals surface area contributed by atoms with Crippen LogP contribution in [0.1, 0.15) is 25.3 Å². The van der Waals surface area contributed by atoms with Gasteiger partial charge in [-0.05, 0) is 31.4 Å². The minimum atomic E-state index is -0.375. The Balaban J connectivity index is 2.11. The van der Waals surface area contributed by atoms with Crippen LogP contribution in [0.2, 0.25) is 0 Å². The van der Waals surface area contributed by atoms with Crippen LogP contribution in [-0.4, -0.2) is 36.7 Å². The van der Waals surface area contributed by atoms with E-state index in [1.54, 1.807) is 13.0 Å². The highest BCUT2D eigenvalue weighted by molar-refractivity contribution is 5.92. The first-order valence-corrected chi connectivity index (χ1v) is 7.59. The largest absolute Gasteiger partial charge is 0.463 e. The fraction of sp³-hybridized carbons (Fsp3) is 0.333. The Labute approximate surface area is 136 Å². The Hall–Kier alpha value is -2.40. The maximum atomic E-state index is 11.5. The molecule has 0 aliphatic carbocycles. The molecule has 0 spiro atoms. The lowest BCUT2D eigenvalue weighted by atomic mass is 10.2. The first-order valence-electron chi connectivity index (χ1n) is 7.59. The molecule has 5 heteroatoms. The van der Waals surface area contributed by atoms with E-state index in [1.165, 1.54) is 12.2 Å². The molecule has 124 valence electrons. The third-order valence-corrected chi connectivity index (χ3v) is 3.07. The summed E-state index contributed by atoms with van der Waals surface area (Å²) < 4.78 is 5.07. The molecule has 0 bridgehead atoms. The molecule has 0 aliphatic rings. The molecule has 0 radical (unpaired) electrons. The zero-order valence-electron chi connectivity index (χ0n) is 13.3. The van der Waals surface area contributed by atoms with E-state index in [9.17, 15) is 9.59 Å². The van der Waals surface area contributed by atoms with Gasteiger partial charge in [-0.2, -0.15) is 0 Å². The van der Waals surface area contributed by atoms with Gasteiger partial charge in [-0.25, -0.2) is 4.79 Å². The van der Waals surface area contributed by atoms with E-state index in [-0.39, 0.29) is 18.5 Å². The first-order chi connectivity index (χ1) is 11.1. The maximum Gasteiger partial charge on any atom is 0.330 e. The van der Waals surface area contributed by atoms with Crippen LogP contribution in [0.15, 0.2) is 48.1 Å². The van der Waals surface area contributed by atoms with E-state index in [4.69, 9.17) is 9.84 Å². The molecule has 23 heavy (non-hydrogen) atoms. The summed E-state index contributed by atoms with van der Waals surface area (Å²) in [7, 11) is 0. The van der Waals surface area contributed by atoms with Gasteiger partial charge in [0.1, 0.15) is 0 Å².